The van der Waals surface area contributed by atoms with Crippen LogP contribution in [0.5, 0.6) is 0 Å². The molecule has 3 fully saturated rings. The topological polar surface area (TPSA) is 32.8 Å². The Morgan fingerprint density at radius 1 is 1.00 bits per heavy atom. The fourth-order valence-electron chi connectivity index (χ4n) is 4.07. The Hall–Kier alpha value is -0.610. The van der Waals surface area contributed by atoms with Gasteiger partial charge in [-0.1, -0.05) is 0 Å². The number of likely N-dealkylation sites (N-methyl/N-ethyl adjacent to an activating group) is 1. The monoisotopic (exact) mass is 266 g/mol. The first kappa shape index (κ1) is 13.4. The SMILES string of the molecule is CN1CCCC1C1CCCN1C(=O)C1CCOCC1. The summed E-state index contributed by atoms with van der Waals surface area (Å²) in [5, 5.41) is 0. The van der Waals surface area contributed by atoms with Crippen molar-refractivity contribution >= 4 is 5.91 Å². The summed E-state index contributed by atoms with van der Waals surface area (Å²) in [6.07, 6.45) is 6.77. The molecule has 0 aromatic rings. The molecule has 0 saturated carbocycles. The Morgan fingerprint density at radius 3 is 2.37 bits per heavy atom. The summed E-state index contributed by atoms with van der Waals surface area (Å²) in [5.74, 6) is 0.632. The van der Waals surface area contributed by atoms with Gasteiger partial charge in [-0.3, -0.25) is 4.79 Å². The first-order valence-corrected chi connectivity index (χ1v) is 7.86. The smallest absolute Gasteiger partial charge is 0.226 e. The van der Waals surface area contributed by atoms with Gasteiger partial charge in [-0.25, -0.2) is 0 Å². The molecule has 2 unspecified atom stereocenters. The fourth-order valence-corrected chi connectivity index (χ4v) is 4.07. The van der Waals surface area contributed by atoms with Gasteiger partial charge in [0.1, 0.15) is 0 Å². The van der Waals surface area contributed by atoms with Crippen molar-refractivity contribution in [2.24, 2.45) is 5.92 Å². The molecule has 0 aliphatic carbocycles. The third kappa shape index (κ3) is 2.65. The molecule has 2 atom stereocenters. The Morgan fingerprint density at radius 2 is 1.68 bits per heavy atom. The Labute approximate surface area is 116 Å². The van der Waals surface area contributed by atoms with E-state index < -0.39 is 0 Å². The summed E-state index contributed by atoms with van der Waals surface area (Å²) in [7, 11) is 2.22. The van der Waals surface area contributed by atoms with Crippen LogP contribution in [0.1, 0.15) is 38.5 Å². The van der Waals surface area contributed by atoms with Gasteiger partial charge in [0.15, 0.2) is 0 Å². The Bertz CT molecular complexity index is 328. The first-order chi connectivity index (χ1) is 9.27. The number of amides is 1. The zero-order valence-corrected chi connectivity index (χ0v) is 12.0. The molecule has 0 aromatic heterocycles. The van der Waals surface area contributed by atoms with E-state index in [2.05, 4.69) is 16.8 Å². The molecule has 0 bridgehead atoms. The van der Waals surface area contributed by atoms with E-state index >= 15 is 0 Å². The van der Waals surface area contributed by atoms with Crippen molar-refractivity contribution in [3.05, 3.63) is 0 Å². The van der Waals surface area contributed by atoms with Gasteiger partial charge in [0.2, 0.25) is 5.91 Å². The molecule has 1 amide bonds. The second-order valence-corrected chi connectivity index (χ2v) is 6.32. The van der Waals surface area contributed by atoms with Crippen molar-refractivity contribution in [2.75, 3.05) is 33.4 Å². The molecule has 3 rings (SSSR count). The molecule has 3 heterocycles. The zero-order valence-electron chi connectivity index (χ0n) is 12.0. The lowest BCUT2D eigenvalue weighted by atomic mass is 9.96. The molecule has 4 nitrogen and oxygen atoms in total. The van der Waals surface area contributed by atoms with Gasteiger partial charge in [0, 0.05) is 37.8 Å². The van der Waals surface area contributed by atoms with Gasteiger partial charge in [0.25, 0.3) is 0 Å². The summed E-state index contributed by atoms with van der Waals surface area (Å²) in [4.78, 5) is 17.4. The number of carbonyl (C=O) groups excluding carboxylic acids is 1. The van der Waals surface area contributed by atoms with Crippen LogP contribution >= 0.6 is 0 Å². The van der Waals surface area contributed by atoms with Crippen molar-refractivity contribution in [1.29, 1.82) is 0 Å². The number of hydrogen-bond acceptors (Lipinski definition) is 3. The molecule has 0 aromatic carbocycles. The van der Waals surface area contributed by atoms with Crippen LogP contribution in [-0.2, 0) is 9.53 Å². The van der Waals surface area contributed by atoms with Gasteiger partial charge in [-0.15, -0.1) is 0 Å². The molecular weight excluding hydrogens is 240 g/mol. The van der Waals surface area contributed by atoms with E-state index in [1.807, 2.05) is 0 Å². The summed E-state index contributed by atoms with van der Waals surface area (Å²) in [6.45, 7) is 3.70. The Kier molecular flexibility index (Phi) is 4.08. The molecule has 3 saturated heterocycles. The van der Waals surface area contributed by atoms with Crippen LogP contribution in [-0.4, -0.2) is 61.1 Å². The van der Waals surface area contributed by atoms with Crippen LogP contribution in [0.15, 0.2) is 0 Å². The maximum atomic E-state index is 12.7. The second kappa shape index (κ2) is 5.80. The van der Waals surface area contributed by atoms with Gasteiger partial charge < -0.3 is 14.5 Å². The van der Waals surface area contributed by atoms with Crippen LogP contribution in [0.25, 0.3) is 0 Å². The van der Waals surface area contributed by atoms with Gasteiger partial charge in [0.05, 0.1) is 0 Å². The summed E-state index contributed by atoms with van der Waals surface area (Å²) < 4.78 is 5.38. The fraction of sp³-hybridized carbons (Fsp3) is 0.933. The van der Waals surface area contributed by atoms with Crippen LogP contribution in [0, 0.1) is 5.92 Å². The molecule has 0 N–H and O–H groups in total. The number of rotatable bonds is 2. The van der Waals surface area contributed by atoms with Crippen molar-refractivity contribution in [3.8, 4) is 0 Å². The summed E-state index contributed by atoms with van der Waals surface area (Å²) in [5.41, 5.74) is 0. The third-order valence-electron chi connectivity index (χ3n) is 5.17. The molecule has 3 aliphatic rings. The molecule has 3 aliphatic heterocycles. The average Bonchev–Trinajstić information content (AvgIpc) is 3.07. The normalized spacial score (nSPS) is 34.1. The predicted molar refractivity (Wildman–Crippen MR) is 73.9 cm³/mol. The third-order valence-corrected chi connectivity index (χ3v) is 5.17. The molecule has 108 valence electrons. The van der Waals surface area contributed by atoms with Gasteiger partial charge >= 0.3 is 0 Å². The van der Waals surface area contributed by atoms with E-state index in [1.54, 1.807) is 0 Å². The lowest BCUT2D eigenvalue weighted by Gasteiger charge is -2.36. The van der Waals surface area contributed by atoms with E-state index in [1.165, 1.54) is 32.2 Å². The van der Waals surface area contributed by atoms with Gasteiger partial charge in [-0.2, -0.15) is 0 Å². The van der Waals surface area contributed by atoms with E-state index in [9.17, 15) is 4.79 Å². The lowest BCUT2D eigenvalue weighted by Crippen LogP contribution is -2.49. The number of ether oxygens (including phenoxy) is 1. The lowest BCUT2D eigenvalue weighted by molar-refractivity contribution is -0.140. The largest absolute Gasteiger partial charge is 0.381 e. The molecule has 0 radical (unpaired) electrons. The summed E-state index contributed by atoms with van der Waals surface area (Å²) in [6, 6.07) is 1.08. The van der Waals surface area contributed by atoms with Crippen LogP contribution < -0.4 is 0 Å². The average molecular weight is 266 g/mol. The first-order valence-electron chi connectivity index (χ1n) is 7.86. The number of hydrogen-bond donors (Lipinski definition) is 0. The maximum Gasteiger partial charge on any atom is 0.226 e. The van der Waals surface area contributed by atoms with Crippen LogP contribution in [0.4, 0.5) is 0 Å². The number of likely N-dealkylation sites (tertiary alicyclic amines) is 2. The zero-order chi connectivity index (χ0) is 13.2. The van der Waals surface area contributed by atoms with Crippen molar-refractivity contribution < 1.29 is 9.53 Å². The minimum Gasteiger partial charge on any atom is -0.381 e. The minimum absolute atomic E-state index is 0.223. The number of nitrogens with zero attached hydrogens (tertiary/aromatic N) is 2. The highest BCUT2D eigenvalue weighted by Crippen LogP contribution is 2.31. The number of carbonyl (C=O) groups is 1. The highest BCUT2D eigenvalue weighted by Gasteiger charge is 2.40. The highest BCUT2D eigenvalue weighted by molar-refractivity contribution is 5.79. The predicted octanol–water partition coefficient (Wildman–Crippen LogP) is 1.50. The quantitative estimate of drug-likeness (QED) is 0.759. The van der Waals surface area contributed by atoms with Crippen molar-refractivity contribution in [3.63, 3.8) is 0 Å². The van der Waals surface area contributed by atoms with Crippen LogP contribution in [0.3, 0.4) is 0 Å². The van der Waals surface area contributed by atoms with Crippen molar-refractivity contribution in [2.45, 2.75) is 50.6 Å². The molecule has 0 spiro atoms. The van der Waals surface area contributed by atoms with E-state index in [-0.39, 0.29) is 5.92 Å². The van der Waals surface area contributed by atoms with E-state index in [0.29, 0.717) is 18.0 Å². The molecular formula is C15H26N2O2. The molecule has 4 heteroatoms. The maximum absolute atomic E-state index is 12.7. The highest BCUT2D eigenvalue weighted by atomic mass is 16.5. The standard InChI is InChI=1S/C15H26N2O2/c1-16-8-2-4-13(16)14-5-3-9-17(14)15(18)12-6-10-19-11-7-12/h12-14H,2-11H2,1H3. The Balaban J connectivity index is 1.66. The van der Waals surface area contributed by atoms with E-state index in [0.717, 1.165) is 32.6 Å². The molecule has 19 heavy (non-hydrogen) atoms. The van der Waals surface area contributed by atoms with E-state index in [4.69, 9.17) is 4.74 Å². The van der Waals surface area contributed by atoms with Gasteiger partial charge in [-0.05, 0) is 52.1 Å². The van der Waals surface area contributed by atoms with Crippen LogP contribution in [0.2, 0.25) is 0 Å². The minimum atomic E-state index is 0.223. The second-order valence-electron chi connectivity index (χ2n) is 6.32. The van der Waals surface area contributed by atoms with Crippen molar-refractivity contribution in [1.82, 2.24) is 9.80 Å². The summed E-state index contributed by atoms with van der Waals surface area (Å²) >= 11 is 0.